The molecular weight excluding hydrogens is 329 g/mol. The van der Waals surface area contributed by atoms with E-state index in [0.717, 1.165) is 5.56 Å². The molecule has 112 valence electrons. The average Bonchev–Trinajstić information content (AvgIpc) is 2.75. The van der Waals surface area contributed by atoms with Crippen LogP contribution in [0, 0.1) is 6.92 Å². The second-order valence-corrected chi connectivity index (χ2v) is 6.60. The number of amides is 1. The van der Waals surface area contributed by atoms with Gasteiger partial charge in [0.25, 0.3) is 5.91 Å². The van der Waals surface area contributed by atoms with E-state index in [2.05, 4.69) is 4.98 Å². The third-order valence-corrected chi connectivity index (χ3v) is 4.86. The van der Waals surface area contributed by atoms with Crippen molar-refractivity contribution in [2.24, 2.45) is 0 Å². The molecule has 0 radical (unpaired) electrons. The first kappa shape index (κ1) is 16.1. The first-order valence-electron chi connectivity index (χ1n) is 6.26. The lowest BCUT2D eigenvalue weighted by molar-refractivity contribution is 0.0746. The van der Waals surface area contributed by atoms with Gasteiger partial charge in [0.2, 0.25) is 0 Å². The lowest BCUT2D eigenvalue weighted by Crippen LogP contribution is -2.29. The highest BCUT2D eigenvalue weighted by atomic mass is 35.5. The van der Waals surface area contributed by atoms with Crippen LogP contribution in [0.4, 0.5) is 5.13 Å². The molecule has 0 bridgehead atoms. The fourth-order valence-corrected chi connectivity index (χ4v) is 3.38. The van der Waals surface area contributed by atoms with Crippen LogP contribution in [0.5, 0.6) is 0 Å². The van der Waals surface area contributed by atoms with Crippen molar-refractivity contribution in [1.29, 1.82) is 0 Å². The smallest absolute Gasteiger partial charge is 0.266 e. The zero-order valence-electron chi connectivity index (χ0n) is 11.9. The molecule has 21 heavy (non-hydrogen) atoms. The molecule has 0 aliphatic heterocycles. The Bertz CT molecular complexity index is 687. The van der Waals surface area contributed by atoms with Crippen molar-refractivity contribution in [1.82, 2.24) is 9.88 Å². The highest BCUT2D eigenvalue weighted by Crippen LogP contribution is 2.31. The molecule has 1 atom stereocenters. The number of nitrogens with two attached hydrogens (primary N) is 1. The normalized spacial score (nSPS) is 12.2. The molecule has 0 fully saturated rings. The van der Waals surface area contributed by atoms with Gasteiger partial charge in [0.1, 0.15) is 4.88 Å². The number of thiazole rings is 1. The maximum Gasteiger partial charge on any atom is 0.266 e. The molecule has 0 spiro atoms. The lowest BCUT2D eigenvalue weighted by atomic mass is 10.1. The van der Waals surface area contributed by atoms with Crippen molar-refractivity contribution in [2.45, 2.75) is 19.9 Å². The number of carbonyl (C=O) groups excluding carboxylic acids is 1. The van der Waals surface area contributed by atoms with Crippen molar-refractivity contribution in [3.63, 3.8) is 0 Å². The van der Waals surface area contributed by atoms with Gasteiger partial charge in [-0.3, -0.25) is 4.79 Å². The van der Waals surface area contributed by atoms with E-state index in [1.54, 1.807) is 31.0 Å². The monoisotopic (exact) mass is 343 g/mol. The Hall–Kier alpha value is -1.30. The highest BCUT2D eigenvalue weighted by Gasteiger charge is 2.24. The van der Waals surface area contributed by atoms with E-state index >= 15 is 0 Å². The quantitative estimate of drug-likeness (QED) is 0.909. The predicted octanol–water partition coefficient (Wildman–Crippen LogP) is 4.17. The van der Waals surface area contributed by atoms with Gasteiger partial charge >= 0.3 is 0 Å². The van der Waals surface area contributed by atoms with Crippen LogP contribution in [0.2, 0.25) is 10.0 Å². The molecule has 1 heterocycles. The van der Waals surface area contributed by atoms with Crippen LogP contribution in [0.25, 0.3) is 0 Å². The van der Waals surface area contributed by atoms with E-state index in [1.807, 2.05) is 13.0 Å². The Morgan fingerprint density at radius 1 is 1.43 bits per heavy atom. The van der Waals surface area contributed by atoms with Gasteiger partial charge in [-0.2, -0.15) is 0 Å². The summed E-state index contributed by atoms with van der Waals surface area (Å²) in [5, 5.41) is 1.49. The van der Waals surface area contributed by atoms with Crippen LogP contribution in [-0.2, 0) is 0 Å². The predicted molar refractivity (Wildman–Crippen MR) is 88.2 cm³/mol. The van der Waals surface area contributed by atoms with Crippen LogP contribution in [0.1, 0.15) is 33.9 Å². The topological polar surface area (TPSA) is 59.2 Å². The number of nitrogen functional groups attached to an aromatic ring is 1. The number of hydrogen-bond donors (Lipinski definition) is 1. The number of nitrogens with zero attached hydrogens (tertiary/aromatic N) is 2. The minimum Gasteiger partial charge on any atom is -0.375 e. The van der Waals surface area contributed by atoms with E-state index in [9.17, 15) is 4.79 Å². The molecule has 1 aromatic carbocycles. The summed E-state index contributed by atoms with van der Waals surface area (Å²) in [5.41, 5.74) is 7.13. The Labute approximate surface area is 137 Å². The fourth-order valence-electron chi connectivity index (χ4n) is 2.00. The first-order chi connectivity index (χ1) is 9.81. The van der Waals surface area contributed by atoms with E-state index in [0.29, 0.717) is 25.7 Å². The van der Waals surface area contributed by atoms with Crippen molar-refractivity contribution in [3.8, 4) is 0 Å². The number of carbonyl (C=O) groups is 1. The number of aromatic nitrogens is 1. The second-order valence-electron chi connectivity index (χ2n) is 4.72. The maximum atomic E-state index is 12.5. The first-order valence-corrected chi connectivity index (χ1v) is 7.83. The number of benzene rings is 1. The molecule has 0 saturated carbocycles. The minimum absolute atomic E-state index is 0.125. The van der Waals surface area contributed by atoms with Crippen molar-refractivity contribution in [3.05, 3.63) is 44.4 Å². The molecule has 4 nitrogen and oxygen atoms in total. The third-order valence-electron chi connectivity index (χ3n) is 3.32. The van der Waals surface area contributed by atoms with Crippen LogP contribution >= 0.6 is 34.5 Å². The number of hydrogen-bond acceptors (Lipinski definition) is 4. The van der Waals surface area contributed by atoms with E-state index in [4.69, 9.17) is 28.9 Å². The van der Waals surface area contributed by atoms with Crippen LogP contribution in [-0.4, -0.2) is 22.8 Å². The van der Waals surface area contributed by atoms with Gasteiger partial charge in [-0.05, 0) is 31.5 Å². The summed E-state index contributed by atoms with van der Waals surface area (Å²) in [6.07, 6.45) is 0. The second kappa shape index (κ2) is 6.22. The summed E-state index contributed by atoms with van der Waals surface area (Å²) >= 11 is 13.3. The Kier molecular flexibility index (Phi) is 4.76. The lowest BCUT2D eigenvalue weighted by Gasteiger charge is -2.25. The van der Waals surface area contributed by atoms with Gasteiger partial charge < -0.3 is 10.6 Å². The Morgan fingerprint density at radius 3 is 2.62 bits per heavy atom. The molecule has 2 N–H and O–H groups in total. The van der Waals surface area contributed by atoms with Crippen molar-refractivity contribution >= 4 is 45.6 Å². The van der Waals surface area contributed by atoms with Gasteiger partial charge in [0, 0.05) is 17.1 Å². The maximum absolute atomic E-state index is 12.5. The Morgan fingerprint density at radius 2 is 2.10 bits per heavy atom. The minimum atomic E-state index is -0.190. The summed E-state index contributed by atoms with van der Waals surface area (Å²) in [4.78, 5) is 18.8. The number of halogens is 2. The molecule has 1 aromatic heterocycles. The van der Waals surface area contributed by atoms with Gasteiger partial charge in [-0.15, -0.1) is 0 Å². The van der Waals surface area contributed by atoms with Crippen LogP contribution < -0.4 is 5.73 Å². The van der Waals surface area contributed by atoms with Gasteiger partial charge in [-0.25, -0.2) is 4.98 Å². The van der Waals surface area contributed by atoms with Crippen LogP contribution in [0.3, 0.4) is 0 Å². The number of anilines is 1. The molecule has 2 rings (SSSR count). The third kappa shape index (κ3) is 3.31. The summed E-state index contributed by atoms with van der Waals surface area (Å²) in [7, 11) is 1.73. The van der Waals surface area contributed by atoms with Gasteiger partial charge in [-0.1, -0.05) is 40.6 Å². The number of rotatable bonds is 3. The standard InChI is InChI=1S/C14H15Cl2N3OS/c1-7-12(21-14(17)18-7)13(20)19(3)8(2)10-5-4-9(15)6-11(10)16/h4-6,8H,1-3H3,(H2,17,18). The van der Waals surface area contributed by atoms with E-state index in [1.165, 1.54) is 11.3 Å². The largest absolute Gasteiger partial charge is 0.375 e. The molecule has 0 aliphatic carbocycles. The molecule has 0 aliphatic rings. The Balaban J connectivity index is 2.28. The molecule has 1 unspecified atom stereocenters. The molecule has 0 saturated heterocycles. The molecular formula is C14H15Cl2N3OS. The SMILES string of the molecule is Cc1nc(N)sc1C(=O)N(C)C(C)c1ccc(Cl)cc1Cl. The van der Waals surface area contributed by atoms with Crippen molar-refractivity contribution in [2.75, 3.05) is 12.8 Å². The van der Waals surface area contributed by atoms with Gasteiger partial charge in [0.15, 0.2) is 5.13 Å². The summed E-state index contributed by atoms with van der Waals surface area (Å²) < 4.78 is 0. The zero-order valence-corrected chi connectivity index (χ0v) is 14.2. The summed E-state index contributed by atoms with van der Waals surface area (Å²) in [6, 6.07) is 5.06. The summed E-state index contributed by atoms with van der Waals surface area (Å²) in [5.74, 6) is -0.125. The highest BCUT2D eigenvalue weighted by molar-refractivity contribution is 7.17. The zero-order chi connectivity index (χ0) is 15.7. The number of aryl methyl sites for hydroxylation is 1. The molecule has 2 aromatic rings. The van der Waals surface area contributed by atoms with Crippen molar-refractivity contribution < 1.29 is 4.79 Å². The van der Waals surface area contributed by atoms with Crippen LogP contribution in [0.15, 0.2) is 18.2 Å². The molecule has 7 heteroatoms. The van der Waals surface area contributed by atoms with Gasteiger partial charge in [0.05, 0.1) is 11.7 Å². The van der Waals surface area contributed by atoms with E-state index < -0.39 is 0 Å². The van der Waals surface area contributed by atoms with E-state index in [-0.39, 0.29) is 11.9 Å². The summed E-state index contributed by atoms with van der Waals surface area (Å²) in [6.45, 7) is 3.68. The average molecular weight is 344 g/mol. The fraction of sp³-hybridized carbons (Fsp3) is 0.286. The molecule has 1 amide bonds.